The standard InChI is InChI=1S/C16H14BrNO7S/c17-11-1-3-12(4-2-11)25-13-5-7-14(8-6-13)26(23,24)18(9-15(19)20)10-16(21)22/h1-8H,9-10H2,(H,19,20)(H,21,22). The Hall–Kier alpha value is -2.43. The summed E-state index contributed by atoms with van der Waals surface area (Å²) in [5, 5.41) is 17.6. The number of carboxylic acids is 2. The van der Waals surface area contributed by atoms with Crippen molar-refractivity contribution in [2.75, 3.05) is 13.1 Å². The molecule has 8 nitrogen and oxygen atoms in total. The van der Waals surface area contributed by atoms with Gasteiger partial charge in [-0.25, -0.2) is 8.42 Å². The molecule has 26 heavy (non-hydrogen) atoms. The second-order valence-corrected chi connectivity index (χ2v) is 7.94. The summed E-state index contributed by atoms with van der Waals surface area (Å²) in [5.41, 5.74) is 0. The average molecular weight is 444 g/mol. The van der Waals surface area contributed by atoms with Crippen molar-refractivity contribution in [3.05, 3.63) is 53.0 Å². The molecule has 0 saturated heterocycles. The van der Waals surface area contributed by atoms with Crippen LogP contribution in [0.1, 0.15) is 0 Å². The van der Waals surface area contributed by atoms with Crippen LogP contribution in [0.2, 0.25) is 0 Å². The summed E-state index contributed by atoms with van der Waals surface area (Å²) >= 11 is 3.30. The van der Waals surface area contributed by atoms with Gasteiger partial charge in [0.2, 0.25) is 10.0 Å². The Balaban J connectivity index is 2.22. The summed E-state index contributed by atoms with van der Waals surface area (Å²) in [6.07, 6.45) is 0. The Morgan fingerprint density at radius 3 is 1.73 bits per heavy atom. The average Bonchev–Trinajstić information content (AvgIpc) is 2.56. The van der Waals surface area contributed by atoms with Gasteiger partial charge >= 0.3 is 11.9 Å². The molecule has 0 aliphatic rings. The molecule has 0 atom stereocenters. The van der Waals surface area contributed by atoms with E-state index < -0.39 is 35.1 Å². The van der Waals surface area contributed by atoms with Crippen LogP contribution in [0.25, 0.3) is 0 Å². The van der Waals surface area contributed by atoms with Crippen molar-refractivity contribution in [1.29, 1.82) is 0 Å². The Bertz CT molecular complexity index is 879. The SMILES string of the molecule is O=C(O)CN(CC(=O)O)S(=O)(=O)c1ccc(Oc2ccc(Br)cc2)cc1. The molecule has 0 aliphatic heterocycles. The molecule has 0 amide bonds. The molecule has 0 fully saturated rings. The van der Waals surface area contributed by atoms with Crippen molar-refractivity contribution >= 4 is 37.9 Å². The van der Waals surface area contributed by atoms with Gasteiger partial charge in [0.25, 0.3) is 0 Å². The molecule has 138 valence electrons. The Kier molecular flexibility index (Phi) is 6.35. The molecule has 10 heteroatoms. The number of hydrogen-bond donors (Lipinski definition) is 2. The second kappa shape index (κ2) is 8.30. The molecule has 0 aromatic heterocycles. The fourth-order valence-corrected chi connectivity index (χ4v) is 3.60. The summed E-state index contributed by atoms with van der Waals surface area (Å²) in [7, 11) is -4.28. The van der Waals surface area contributed by atoms with Gasteiger partial charge in [-0.1, -0.05) is 15.9 Å². The molecule has 2 aromatic rings. The molecule has 2 rings (SSSR count). The van der Waals surface area contributed by atoms with Crippen LogP contribution in [0.15, 0.2) is 57.9 Å². The molecule has 0 saturated carbocycles. The maximum atomic E-state index is 12.5. The highest BCUT2D eigenvalue weighted by atomic mass is 79.9. The molecular formula is C16H14BrNO7S. The lowest BCUT2D eigenvalue weighted by atomic mass is 10.3. The molecular weight excluding hydrogens is 430 g/mol. The fraction of sp³-hybridized carbons (Fsp3) is 0.125. The zero-order chi connectivity index (χ0) is 19.3. The largest absolute Gasteiger partial charge is 0.480 e. The van der Waals surface area contributed by atoms with Crippen LogP contribution < -0.4 is 4.74 Å². The number of aliphatic carboxylic acids is 2. The van der Waals surface area contributed by atoms with Crippen molar-refractivity contribution in [3.63, 3.8) is 0 Å². The summed E-state index contributed by atoms with van der Waals surface area (Å²) in [4.78, 5) is 21.4. The third kappa shape index (κ3) is 5.28. The molecule has 0 spiro atoms. The van der Waals surface area contributed by atoms with Gasteiger partial charge in [0.1, 0.15) is 24.6 Å². The predicted octanol–water partition coefficient (Wildman–Crippen LogP) is 2.40. The van der Waals surface area contributed by atoms with Crippen molar-refractivity contribution in [2.45, 2.75) is 4.90 Å². The van der Waals surface area contributed by atoms with E-state index in [0.717, 1.165) is 4.47 Å². The minimum atomic E-state index is -4.28. The summed E-state index contributed by atoms with van der Waals surface area (Å²) in [5.74, 6) is -1.99. The van der Waals surface area contributed by atoms with E-state index in [-0.39, 0.29) is 4.90 Å². The smallest absolute Gasteiger partial charge is 0.318 e. The molecule has 0 heterocycles. The van der Waals surface area contributed by atoms with E-state index in [2.05, 4.69) is 15.9 Å². The van der Waals surface area contributed by atoms with E-state index >= 15 is 0 Å². The van der Waals surface area contributed by atoms with Crippen LogP contribution in [0.4, 0.5) is 0 Å². The number of carbonyl (C=O) groups is 2. The number of hydrogen-bond acceptors (Lipinski definition) is 5. The van der Waals surface area contributed by atoms with E-state index in [1.807, 2.05) is 0 Å². The lowest BCUT2D eigenvalue weighted by molar-refractivity contribution is -0.139. The van der Waals surface area contributed by atoms with Gasteiger partial charge in [0, 0.05) is 4.47 Å². The topological polar surface area (TPSA) is 121 Å². The first-order chi connectivity index (χ1) is 12.2. The van der Waals surface area contributed by atoms with Gasteiger partial charge in [-0.15, -0.1) is 0 Å². The lowest BCUT2D eigenvalue weighted by Crippen LogP contribution is -2.39. The number of rotatable bonds is 8. The summed E-state index contributed by atoms with van der Waals surface area (Å²) in [6.45, 7) is -1.91. The number of sulfonamides is 1. The molecule has 2 aromatic carbocycles. The first-order valence-corrected chi connectivity index (χ1v) is 9.39. The molecule has 0 unspecified atom stereocenters. The summed E-state index contributed by atoms with van der Waals surface area (Å²) in [6, 6.07) is 12.2. The maximum Gasteiger partial charge on any atom is 0.318 e. The Morgan fingerprint density at radius 2 is 1.31 bits per heavy atom. The fourth-order valence-electron chi connectivity index (χ4n) is 2.00. The first kappa shape index (κ1) is 19.9. The highest BCUT2D eigenvalue weighted by Gasteiger charge is 2.28. The van der Waals surface area contributed by atoms with Crippen LogP contribution in [-0.4, -0.2) is 48.0 Å². The van der Waals surface area contributed by atoms with Crippen LogP contribution in [-0.2, 0) is 19.6 Å². The third-order valence-electron chi connectivity index (χ3n) is 3.13. The molecule has 0 bridgehead atoms. The predicted molar refractivity (Wildman–Crippen MR) is 94.7 cm³/mol. The van der Waals surface area contributed by atoms with Gasteiger partial charge in [-0.3, -0.25) is 9.59 Å². The Morgan fingerprint density at radius 1 is 0.885 bits per heavy atom. The Labute approximate surface area is 157 Å². The van der Waals surface area contributed by atoms with Gasteiger partial charge < -0.3 is 14.9 Å². The van der Waals surface area contributed by atoms with Crippen LogP contribution in [0.5, 0.6) is 11.5 Å². The first-order valence-electron chi connectivity index (χ1n) is 7.16. The van der Waals surface area contributed by atoms with E-state index in [1.165, 1.54) is 24.3 Å². The van der Waals surface area contributed by atoms with E-state index in [0.29, 0.717) is 15.8 Å². The number of carboxylic acid groups (broad SMARTS) is 2. The van der Waals surface area contributed by atoms with Crippen LogP contribution >= 0.6 is 15.9 Å². The number of halogens is 1. The van der Waals surface area contributed by atoms with Crippen molar-refractivity contribution in [2.24, 2.45) is 0 Å². The van der Waals surface area contributed by atoms with Gasteiger partial charge in [-0.05, 0) is 48.5 Å². The zero-order valence-corrected chi connectivity index (χ0v) is 15.6. The number of nitrogens with zero attached hydrogens (tertiary/aromatic N) is 1. The van der Waals surface area contributed by atoms with Crippen LogP contribution in [0, 0.1) is 0 Å². The highest BCUT2D eigenvalue weighted by molar-refractivity contribution is 9.10. The second-order valence-electron chi connectivity index (χ2n) is 5.09. The number of ether oxygens (including phenoxy) is 1. The van der Waals surface area contributed by atoms with E-state index in [1.54, 1.807) is 24.3 Å². The summed E-state index contributed by atoms with van der Waals surface area (Å²) < 4.78 is 31.8. The number of benzene rings is 2. The van der Waals surface area contributed by atoms with Crippen molar-refractivity contribution < 1.29 is 33.0 Å². The van der Waals surface area contributed by atoms with Gasteiger partial charge in [0.05, 0.1) is 4.90 Å². The quantitative estimate of drug-likeness (QED) is 0.641. The van der Waals surface area contributed by atoms with Crippen molar-refractivity contribution in [3.8, 4) is 11.5 Å². The van der Waals surface area contributed by atoms with E-state index in [4.69, 9.17) is 14.9 Å². The van der Waals surface area contributed by atoms with Gasteiger partial charge in [0.15, 0.2) is 0 Å². The third-order valence-corrected chi connectivity index (χ3v) is 5.47. The molecule has 0 radical (unpaired) electrons. The molecule has 0 aliphatic carbocycles. The van der Waals surface area contributed by atoms with Crippen LogP contribution in [0.3, 0.4) is 0 Å². The van der Waals surface area contributed by atoms with E-state index in [9.17, 15) is 18.0 Å². The lowest BCUT2D eigenvalue weighted by Gasteiger charge is -2.18. The maximum absolute atomic E-state index is 12.5. The van der Waals surface area contributed by atoms with Crippen molar-refractivity contribution in [1.82, 2.24) is 4.31 Å². The normalized spacial score (nSPS) is 11.3. The molecule has 2 N–H and O–H groups in total. The minimum Gasteiger partial charge on any atom is -0.480 e. The minimum absolute atomic E-state index is 0.233. The zero-order valence-electron chi connectivity index (χ0n) is 13.2. The highest BCUT2D eigenvalue weighted by Crippen LogP contribution is 2.25. The monoisotopic (exact) mass is 443 g/mol. The van der Waals surface area contributed by atoms with Gasteiger partial charge in [-0.2, -0.15) is 4.31 Å².